The van der Waals surface area contributed by atoms with Gasteiger partial charge in [0.2, 0.25) is 5.91 Å². The number of carbonyl (C=O) groups excluding carboxylic acids is 3. The number of hydrogen-bond donors (Lipinski definition) is 4. The van der Waals surface area contributed by atoms with Gasteiger partial charge < -0.3 is 35.5 Å². The summed E-state index contributed by atoms with van der Waals surface area (Å²) in [6.07, 6.45) is 0.904. The summed E-state index contributed by atoms with van der Waals surface area (Å²) < 4.78 is 16.5. The zero-order chi connectivity index (χ0) is 32.3. The molecule has 0 aromatic heterocycles. The number of alkyl carbamates (subject to hydrolysis) is 1. The fourth-order valence-corrected chi connectivity index (χ4v) is 4.39. The molecule has 0 radical (unpaired) electrons. The Morgan fingerprint density at radius 2 is 1.60 bits per heavy atom. The topological polar surface area (TPSA) is 127 Å². The van der Waals surface area contributed by atoms with E-state index < -0.39 is 17.2 Å². The van der Waals surface area contributed by atoms with Gasteiger partial charge in [0.05, 0.1) is 0 Å². The fraction of sp³-hybridized carbons (Fsp3) is 0.545. The zero-order valence-electron chi connectivity index (χ0n) is 27.2. The number of rotatable bonds is 14. The zero-order valence-corrected chi connectivity index (χ0v) is 27.2. The highest BCUT2D eigenvalue weighted by molar-refractivity contribution is 5.89. The van der Waals surface area contributed by atoms with Crippen molar-refractivity contribution in [2.45, 2.75) is 91.3 Å². The molecular formula is C33H50N4O6. The van der Waals surface area contributed by atoms with Crippen molar-refractivity contribution in [3.63, 3.8) is 0 Å². The van der Waals surface area contributed by atoms with Crippen LogP contribution < -0.4 is 26.0 Å². The average Bonchev–Trinajstić information content (AvgIpc) is 2.91. The van der Waals surface area contributed by atoms with Gasteiger partial charge in [0, 0.05) is 32.3 Å². The Labute approximate surface area is 256 Å². The first-order chi connectivity index (χ1) is 20.1. The number of nitrogens with one attached hydrogen (secondary N) is 4. The molecular weight excluding hydrogens is 548 g/mol. The van der Waals surface area contributed by atoms with E-state index in [-0.39, 0.29) is 24.1 Å². The maximum atomic E-state index is 12.8. The van der Waals surface area contributed by atoms with E-state index in [1.165, 1.54) is 0 Å². The quantitative estimate of drug-likeness (QED) is 0.165. The molecule has 0 spiro atoms. The van der Waals surface area contributed by atoms with Gasteiger partial charge in [0.15, 0.2) is 6.79 Å². The minimum atomic E-state index is -1.11. The molecule has 2 aromatic rings. The summed E-state index contributed by atoms with van der Waals surface area (Å²) in [5.74, 6) is 0.420. The van der Waals surface area contributed by atoms with E-state index in [0.717, 1.165) is 35.1 Å². The third-order valence-corrected chi connectivity index (χ3v) is 6.77. The third-order valence-electron chi connectivity index (χ3n) is 6.77. The largest absolute Gasteiger partial charge is 0.467 e. The van der Waals surface area contributed by atoms with Crippen LogP contribution in [0.2, 0.25) is 0 Å². The van der Waals surface area contributed by atoms with Crippen LogP contribution in [0.15, 0.2) is 42.5 Å². The lowest BCUT2D eigenvalue weighted by Crippen LogP contribution is -2.55. The van der Waals surface area contributed by atoms with Crippen LogP contribution in [0.25, 0.3) is 11.1 Å². The maximum Gasteiger partial charge on any atom is 0.408 e. The van der Waals surface area contributed by atoms with E-state index >= 15 is 0 Å². The van der Waals surface area contributed by atoms with Gasteiger partial charge in [-0.25, -0.2) is 9.59 Å². The second kappa shape index (κ2) is 15.6. The van der Waals surface area contributed by atoms with E-state index in [1.54, 1.807) is 41.7 Å². The summed E-state index contributed by atoms with van der Waals surface area (Å²) >= 11 is 0. The summed E-state index contributed by atoms with van der Waals surface area (Å²) in [5, 5.41) is 11.2. The van der Waals surface area contributed by atoms with Crippen molar-refractivity contribution in [3.8, 4) is 16.9 Å². The minimum Gasteiger partial charge on any atom is -0.467 e. The summed E-state index contributed by atoms with van der Waals surface area (Å²) in [6.45, 7) is 16.3. The molecule has 0 unspecified atom stereocenters. The van der Waals surface area contributed by atoms with Gasteiger partial charge in [0.1, 0.15) is 16.9 Å². The molecule has 10 nitrogen and oxygen atoms in total. The Hall–Kier alpha value is -3.79. The maximum absolute atomic E-state index is 12.8. The molecule has 0 saturated carbocycles. The van der Waals surface area contributed by atoms with Gasteiger partial charge in [0.25, 0.3) is 0 Å². The van der Waals surface area contributed by atoms with Gasteiger partial charge in [-0.3, -0.25) is 4.79 Å². The molecule has 4 N–H and O–H groups in total. The molecule has 0 atom stereocenters. The van der Waals surface area contributed by atoms with Crippen LogP contribution in [0.1, 0.15) is 79.4 Å². The fourth-order valence-electron chi connectivity index (χ4n) is 4.39. The van der Waals surface area contributed by atoms with E-state index in [4.69, 9.17) is 14.2 Å². The van der Waals surface area contributed by atoms with Crippen LogP contribution in [0.3, 0.4) is 0 Å². The Morgan fingerprint density at radius 3 is 2.26 bits per heavy atom. The van der Waals surface area contributed by atoms with Crippen LogP contribution in [-0.2, 0) is 26.2 Å². The number of carbonyl (C=O) groups is 3. The Balaban J connectivity index is 2.08. The van der Waals surface area contributed by atoms with E-state index in [9.17, 15) is 14.4 Å². The van der Waals surface area contributed by atoms with Crippen LogP contribution in [0.5, 0.6) is 5.75 Å². The molecule has 0 saturated heterocycles. The molecule has 0 bridgehead atoms. The lowest BCUT2D eigenvalue weighted by atomic mass is 9.79. The standard InChI is InChI=1S/C33H50N4O6/c1-10-34-29(39)36-21-23-13-11-14-24(19-23)26-16-15-25(20-27(26)42-22-41-9)32(5,6)17-12-18-35-28(38)33(7,8)37-30(40)43-31(2,3)4/h11,13-16,19-20H,10,12,17-18,21-22H2,1-9H3,(H,35,38)(H,37,40)(H2,34,36,39). The van der Waals surface area contributed by atoms with Gasteiger partial charge >= 0.3 is 12.1 Å². The molecule has 238 valence electrons. The molecule has 2 rings (SSSR count). The number of methoxy groups -OCH3 is 1. The second-order valence-corrected chi connectivity index (χ2v) is 12.7. The van der Waals surface area contributed by atoms with E-state index in [0.29, 0.717) is 25.4 Å². The molecule has 0 aliphatic heterocycles. The van der Waals surface area contributed by atoms with E-state index in [1.807, 2.05) is 43.3 Å². The monoisotopic (exact) mass is 598 g/mol. The molecule has 0 aliphatic carbocycles. The van der Waals surface area contributed by atoms with Crippen molar-refractivity contribution < 1.29 is 28.6 Å². The smallest absolute Gasteiger partial charge is 0.408 e. The molecule has 10 heteroatoms. The van der Waals surface area contributed by atoms with Crippen LogP contribution in [0, 0.1) is 0 Å². The number of amides is 4. The van der Waals surface area contributed by atoms with Crippen molar-refractivity contribution in [2.24, 2.45) is 0 Å². The molecule has 0 fully saturated rings. The Bertz CT molecular complexity index is 1240. The Morgan fingerprint density at radius 1 is 0.884 bits per heavy atom. The molecule has 0 heterocycles. The molecule has 0 aliphatic rings. The lowest BCUT2D eigenvalue weighted by Gasteiger charge is -2.29. The van der Waals surface area contributed by atoms with Crippen molar-refractivity contribution in [1.82, 2.24) is 21.3 Å². The van der Waals surface area contributed by atoms with Crippen molar-refractivity contribution in [3.05, 3.63) is 53.6 Å². The summed E-state index contributed by atoms with van der Waals surface area (Å²) in [4.78, 5) is 36.7. The number of benzene rings is 2. The first-order valence-corrected chi connectivity index (χ1v) is 14.7. The first-order valence-electron chi connectivity index (χ1n) is 14.7. The second-order valence-electron chi connectivity index (χ2n) is 12.7. The highest BCUT2D eigenvalue weighted by atomic mass is 16.7. The predicted octanol–water partition coefficient (Wildman–Crippen LogP) is 5.63. The van der Waals surface area contributed by atoms with Crippen molar-refractivity contribution in [1.29, 1.82) is 0 Å². The van der Waals surface area contributed by atoms with Crippen LogP contribution in [-0.4, -0.2) is 56.2 Å². The number of urea groups is 1. The van der Waals surface area contributed by atoms with Crippen molar-refractivity contribution in [2.75, 3.05) is 27.0 Å². The molecule has 2 aromatic carbocycles. The van der Waals surface area contributed by atoms with Crippen LogP contribution in [0.4, 0.5) is 9.59 Å². The SMILES string of the molecule is CCNC(=O)NCc1cccc(-c2ccc(C(C)(C)CCCNC(=O)C(C)(C)NC(=O)OC(C)(C)C)cc2OCOC)c1. The highest BCUT2D eigenvalue weighted by Crippen LogP contribution is 2.37. The predicted molar refractivity (Wildman–Crippen MR) is 169 cm³/mol. The van der Waals surface area contributed by atoms with Gasteiger partial charge in [-0.05, 0) is 88.6 Å². The third kappa shape index (κ3) is 11.8. The summed E-state index contributed by atoms with van der Waals surface area (Å²) in [5.41, 5.74) is 1.98. The van der Waals surface area contributed by atoms with Crippen molar-refractivity contribution >= 4 is 18.0 Å². The molecule has 4 amide bonds. The number of ether oxygens (including phenoxy) is 3. The first kappa shape index (κ1) is 35.4. The minimum absolute atomic E-state index is 0.106. The summed E-state index contributed by atoms with van der Waals surface area (Å²) in [6, 6.07) is 14.0. The van der Waals surface area contributed by atoms with E-state index in [2.05, 4.69) is 41.2 Å². The average molecular weight is 599 g/mol. The molecule has 43 heavy (non-hydrogen) atoms. The van der Waals surface area contributed by atoms with Gasteiger partial charge in [-0.1, -0.05) is 44.2 Å². The highest BCUT2D eigenvalue weighted by Gasteiger charge is 2.31. The Kier molecular flexibility index (Phi) is 12.9. The normalized spacial score (nSPS) is 11.8. The lowest BCUT2D eigenvalue weighted by molar-refractivity contribution is -0.126. The van der Waals surface area contributed by atoms with Gasteiger partial charge in [-0.2, -0.15) is 0 Å². The van der Waals surface area contributed by atoms with Gasteiger partial charge in [-0.15, -0.1) is 0 Å². The summed E-state index contributed by atoms with van der Waals surface area (Å²) in [7, 11) is 1.58. The number of hydrogen-bond acceptors (Lipinski definition) is 6. The van der Waals surface area contributed by atoms with Crippen LogP contribution >= 0.6 is 0 Å².